The van der Waals surface area contributed by atoms with Crippen molar-refractivity contribution in [1.82, 2.24) is 9.78 Å². The number of methoxy groups -OCH3 is 3. The van der Waals surface area contributed by atoms with Crippen LogP contribution in [0.5, 0.6) is 17.2 Å². The number of aryl methyl sites for hydroxylation is 1. The van der Waals surface area contributed by atoms with Gasteiger partial charge in [0.15, 0.2) is 17.3 Å². The number of rotatable bonds is 6. The number of ketones is 1. The first-order valence-electron chi connectivity index (χ1n) is 6.39. The zero-order chi connectivity index (χ0) is 15.4. The summed E-state index contributed by atoms with van der Waals surface area (Å²) in [5.41, 5.74) is 1.37. The number of ether oxygens (including phenoxy) is 3. The van der Waals surface area contributed by atoms with Crippen LogP contribution in [0.1, 0.15) is 15.9 Å². The van der Waals surface area contributed by atoms with Gasteiger partial charge in [0, 0.05) is 25.2 Å². The summed E-state index contributed by atoms with van der Waals surface area (Å²) in [7, 11) is 6.38. The number of carbonyl (C=O) groups excluding carboxylic acids is 1. The molecule has 1 aromatic heterocycles. The summed E-state index contributed by atoms with van der Waals surface area (Å²) in [5.74, 6) is 1.36. The van der Waals surface area contributed by atoms with E-state index in [1.165, 1.54) is 21.3 Å². The van der Waals surface area contributed by atoms with Crippen LogP contribution < -0.4 is 14.2 Å². The van der Waals surface area contributed by atoms with Crippen molar-refractivity contribution >= 4 is 5.78 Å². The fraction of sp³-hybridized carbons (Fsp3) is 0.333. The predicted octanol–water partition coefficient (Wildman–Crippen LogP) is 1.87. The van der Waals surface area contributed by atoms with Crippen LogP contribution in [0.4, 0.5) is 0 Å². The van der Waals surface area contributed by atoms with E-state index >= 15 is 0 Å². The van der Waals surface area contributed by atoms with E-state index in [2.05, 4.69) is 5.10 Å². The predicted molar refractivity (Wildman–Crippen MR) is 77.3 cm³/mol. The quantitative estimate of drug-likeness (QED) is 0.760. The molecule has 1 aromatic carbocycles. The summed E-state index contributed by atoms with van der Waals surface area (Å²) in [4.78, 5) is 12.4. The van der Waals surface area contributed by atoms with Crippen molar-refractivity contribution in [3.8, 4) is 17.2 Å². The lowest BCUT2D eigenvalue weighted by Crippen LogP contribution is -2.05. The molecule has 0 spiro atoms. The van der Waals surface area contributed by atoms with E-state index in [4.69, 9.17) is 14.2 Å². The molecule has 0 N–H and O–H groups in total. The van der Waals surface area contributed by atoms with Gasteiger partial charge in [0.05, 0.1) is 27.5 Å². The third-order valence-corrected chi connectivity index (χ3v) is 3.11. The highest BCUT2D eigenvalue weighted by Gasteiger charge is 2.17. The van der Waals surface area contributed by atoms with Crippen LogP contribution in [0.2, 0.25) is 0 Å². The first-order valence-corrected chi connectivity index (χ1v) is 6.39. The molecule has 21 heavy (non-hydrogen) atoms. The minimum atomic E-state index is -0.0396. The highest BCUT2D eigenvalue weighted by molar-refractivity contribution is 5.98. The van der Waals surface area contributed by atoms with Crippen LogP contribution in [-0.4, -0.2) is 36.9 Å². The zero-order valence-corrected chi connectivity index (χ0v) is 12.5. The average Bonchev–Trinajstić information content (AvgIpc) is 2.90. The molecule has 0 unspecified atom stereocenters. The summed E-state index contributed by atoms with van der Waals surface area (Å²) in [6, 6.07) is 3.31. The molecule has 1 heterocycles. The second-order valence-corrected chi connectivity index (χ2v) is 4.54. The number of hydrogen-bond donors (Lipinski definition) is 0. The second-order valence-electron chi connectivity index (χ2n) is 4.54. The normalized spacial score (nSPS) is 10.3. The van der Waals surface area contributed by atoms with Crippen molar-refractivity contribution in [2.45, 2.75) is 6.42 Å². The molecule has 0 fully saturated rings. The van der Waals surface area contributed by atoms with Gasteiger partial charge in [-0.25, -0.2) is 0 Å². The third kappa shape index (κ3) is 3.16. The molecule has 2 aromatic rings. The van der Waals surface area contributed by atoms with E-state index in [1.54, 1.807) is 23.0 Å². The van der Waals surface area contributed by atoms with Crippen LogP contribution in [0.3, 0.4) is 0 Å². The van der Waals surface area contributed by atoms with Crippen molar-refractivity contribution in [2.75, 3.05) is 21.3 Å². The minimum absolute atomic E-state index is 0.0396. The Balaban J connectivity index is 2.32. The van der Waals surface area contributed by atoms with Gasteiger partial charge in [-0.3, -0.25) is 9.48 Å². The van der Waals surface area contributed by atoms with E-state index in [-0.39, 0.29) is 12.2 Å². The molecule has 0 aliphatic rings. The number of Topliss-reactive ketones (excluding diaryl/α,β-unsaturated/α-hetero) is 1. The Kier molecular flexibility index (Phi) is 4.47. The van der Waals surface area contributed by atoms with E-state index in [9.17, 15) is 4.79 Å². The number of hydrogen-bond acceptors (Lipinski definition) is 5. The molecule has 0 saturated carbocycles. The standard InChI is InChI=1S/C15H18N2O4/c1-17-9-10(8-16-17)5-12(18)11-6-13(19-2)15(21-4)14(7-11)20-3/h6-9H,5H2,1-4H3. The molecular weight excluding hydrogens is 272 g/mol. The van der Waals surface area contributed by atoms with Gasteiger partial charge in [-0.1, -0.05) is 0 Å². The van der Waals surface area contributed by atoms with Crippen LogP contribution >= 0.6 is 0 Å². The molecule has 0 radical (unpaired) electrons. The average molecular weight is 290 g/mol. The monoisotopic (exact) mass is 290 g/mol. The smallest absolute Gasteiger partial charge is 0.203 e. The minimum Gasteiger partial charge on any atom is -0.493 e. The van der Waals surface area contributed by atoms with E-state index < -0.39 is 0 Å². The van der Waals surface area contributed by atoms with E-state index in [0.717, 1.165) is 5.56 Å². The molecule has 0 aliphatic heterocycles. The highest BCUT2D eigenvalue weighted by Crippen LogP contribution is 2.38. The summed E-state index contributed by atoms with van der Waals surface area (Å²) in [5, 5.41) is 4.05. The topological polar surface area (TPSA) is 62.6 Å². The van der Waals surface area contributed by atoms with Crippen LogP contribution in [-0.2, 0) is 13.5 Å². The Hall–Kier alpha value is -2.50. The molecule has 0 atom stereocenters. The fourth-order valence-corrected chi connectivity index (χ4v) is 2.09. The summed E-state index contributed by atoms with van der Waals surface area (Å²) >= 11 is 0. The lowest BCUT2D eigenvalue weighted by molar-refractivity contribution is 0.0992. The molecule has 2 rings (SSSR count). The molecule has 0 amide bonds. The highest BCUT2D eigenvalue weighted by atomic mass is 16.5. The molecule has 112 valence electrons. The Morgan fingerprint density at radius 3 is 2.19 bits per heavy atom. The van der Waals surface area contributed by atoms with Crippen molar-refractivity contribution in [3.05, 3.63) is 35.7 Å². The Morgan fingerprint density at radius 1 is 1.14 bits per heavy atom. The van der Waals surface area contributed by atoms with Gasteiger partial charge in [0.25, 0.3) is 0 Å². The van der Waals surface area contributed by atoms with Crippen LogP contribution in [0.15, 0.2) is 24.5 Å². The maximum absolute atomic E-state index is 12.4. The van der Waals surface area contributed by atoms with Gasteiger partial charge in [-0.2, -0.15) is 5.10 Å². The largest absolute Gasteiger partial charge is 0.493 e. The van der Waals surface area contributed by atoms with Crippen LogP contribution in [0.25, 0.3) is 0 Å². The molecule has 6 nitrogen and oxygen atoms in total. The number of aromatic nitrogens is 2. The van der Waals surface area contributed by atoms with Gasteiger partial charge in [-0.05, 0) is 17.7 Å². The first-order chi connectivity index (χ1) is 10.1. The maximum atomic E-state index is 12.4. The lowest BCUT2D eigenvalue weighted by Gasteiger charge is -2.13. The molecule has 0 aliphatic carbocycles. The van der Waals surface area contributed by atoms with Crippen molar-refractivity contribution in [1.29, 1.82) is 0 Å². The van der Waals surface area contributed by atoms with E-state index in [0.29, 0.717) is 22.8 Å². The van der Waals surface area contributed by atoms with Crippen molar-refractivity contribution in [2.24, 2.45) is 7.05 Å². The SMILES string of the molecule is COc1cc(C(=O)Cc2cnn(C)c2)cc(OC)c1OC. The van der Waals surface area contributed by atoms with Gasteiger partial charge in [0.2, 0.25) is 5.75 Å². The van der Waals surface area contributed by atoms with Crippen molar-refractivity contribution < 1.29 is 19.0 Å². The fourth-order valence-electron chi connectivity index (χ4n) is 2.09. The van der Waals surface area contributed by atoms with Gasteiger partial charge < -0.3 is 14.2 Å². The molecule has 6 heteroatoms. The zero-order valence-electron chi connectivity index (χ0n) is 12.5. The van der Waals surface area contributed by atoms with Gasteiger partial charge >= 0.3 is 0 Å². The summed E-state index contributed by atoms with van der Waals surface area (Å²) in [6.07, 6.45) is 3.76. The number of benzene rings is 1. The summed E-state index contributed by atoms with van der Waals surface area (Å²) < 4.78 is 17.4. The second kappa shape index (κ2) is 6.30. The number of carbonyl (C=O) groups is 1. The lowest BCUT2D eigenvalue weighted by atomic mass is 10.0. The number of nitrogens with zero attached hydrogens (tertiary/aromatic N) is 2. The van der Waals surface area contributed by atoms with Gasteiger partial charge in [0.1, 0.15) is 0 Å². The molecule has 0 saturated heterocycles. The Labute approximate surface area is 123 Å². The van der Waals surface area contributed by atoms with Crippen molar-refractivity contribution in [3.63, 3.8) is 0 Å². The van der Waals surface area contributed by atoms with Gasteiger partial charge in [-0.15, -0.1) is 0 Å². The molecular formula is C15H18N2O4. The Morgan fingerprint density at radius 2 is 1.76 bits per heavy atom. The third-order valence-electron chi connectivity index (χ3n) is 3.11. The maximum Gasteiger partial charge on any atom is 0.203 e. The molecule has 0 bridgehead atoms. The Bertz CT molecular complexity index is 624. The summed E-state index contributed by atoms with van der Waals surface area (Å²) in [6.45, 7) is 0. The van der Waals surface area contributed by atoms with E-state index in [1.807, 2.05) is 13.2 Å². The van der Waals surface area contributed by atoms with Crippen LogP contribution in [0, 0.1) is 0 Å². The first kappa shape index (κ1) is 14.9.